The summed E-state index contributed by atoms with van der Waals surface area (Å²) in [7, 11) is 0. The van der Waals surface area contributed by atoms with Gasteiger partial charge in [-0.05, 0) is 45.9 Å². The number of nitro benzene ring substituents is 1. The molecule has 0 spiro atoms. The van der Waals surface area contributed by atoms with Gasteiger partial charge in [-0.3, -0.25) is 10.1 Å². The fraction of sp³-hybridized carbons (Fsp3) is 0.370. The Morgan fingerprint density at radius 3 is 2.42 bits per heavy atom. The van der Waals surface area contributed by atoms with Gasteiger partial charge < -0.3 is 24.6 Å². The minimum absolute atomic E-state index is 0.104. The second kappa shape index (κ2) is 10.9. The summed E-state index contributed by atoms with van der Waals surface area (Å²) in [6, 6.07) is 13.8. The number of esters is 1. The topological polar surface area (TPSA) is 127 Å². The van der Waals surface area contributed by atoms with E-state index in [0.717, 1.165) is 5.39 Å². The number of amides is 1. The van der Waals surface area contributed by atoms with Crippen LogP contribution in [0.15, 0.2) is 48.5 Å². The molecule has 0 bridgehead atoms. The van der Waals surface area contributed by atoms with Crippen LogP contribution in [0, 0.1) is 10.1 Å². The molecule has 200 valence electrons. The molecule has 0 aliphatic carbocycles. The Balaban J connectivity index is 1.65. The van der Waals surface area contributed by atoms with E-state index in [0.29, 0.717) is 43.2 Å². The summed E-state index contributed by atoms with van der Waals surface area (Å²) in [6.07, 6.45) is -0.347. The van der Waals surface area contributed by atoms with Gasteiger partial charge in [-0.2, -0.15) is 0 Å². The van der Waals surface area contributed by atoms with Gasteiger partial charge in [-0.1, -0.05) is 24.3 Å². The number of nitrogens with one attached hydrogen (secondary N) is 1. The summed E-state index contributed by atoms with van der Waals surface area (Å²) in [5, 5.41) is 15.9. The lowest BCUT2D eigenvalue weighted by Crippen LogP contribution is -2.50. The molecular weight excluding hydrogens is 490 g/mol. The van der Waals surface area contributed by atoms with E-state index >= 15 is 0 Å². The minimum atomic E-state index is -0.758. The molecule has 0 atom stereocenters. The van der Waals surface area contributed by atoms with E-state index in [1.165, 1.54) is 6.07 Å². The third kappa shape index (κ3) is 5.93. The van der Waals surface area contributed by atoms with E-state index in [1.54, 1.807) is 24.0 Å². The molecular formula is C27H31N5O6. The number of ether oxygens (including phenoxy) is 2. The molecule has 1 N–H and O–H groups in total. The fourth-order valence-electron chi connectivity index (χ4n) is 4.23. The number of nitrogens with zero attached hydrogens (tertiary/aromatic N) is 4. The van der Waals surface area contributed by atoms with Crippen LogP contribution in [-0.2, 0) is 9.47 Å². The molecule has 11 nitrogen and oxygen atoms in total. The summed E-state index contributed by atoms with van der Waals surface area (Å²) < 4.78 is 10.5. The van der Waals surface area contributed by atoms with Crippen LogP contribution >= 0.6 is 0 Å². The van der Waals surface area contributed by atoms with Crippen molar-refractivity contribution >= 4 is 45.8 Å². The van der Waals surface area contributed by atoms with E-state index < -0.39 is 16.5 Å². The van der Waals surface area contributed by atoms with Crippen molar-refractivity contribution in [3.63, 3.8) is 0 Å². The molecule has 1 aromatic heterocycles. The lowest BCUT2D eigenvalue weighted by Gasteiger charge is -2.36. The lowest BCUT2D eigenvalue weighted by atomic mass is 10.1. The predicted molar refractivity (Wildman–Crippen MR) is 144 cm³/mol. The van der Waals surface area contributed by atoms with Gasteiger partial charge in [0.25, 0.3) is 0 Å². The number of piperazine rings is 1. The quantitative estimate of drug-likeness (QED) is 0.267. The van der Waals surface area contributed by atoms with E-state index in [2.05, 4.69) is 10.2 Å². The normalized spacial score (nSPS) is 13.8. The number of fused-ring (bicyclic) bond motifs is 1. The molecule has 3 aromatic rings. The van der Waals surface area contributed by atoms with Gasteiger partial charge in [-0.15, -0.1) is 0 Å². The highest BCUT2D eigenvalue weighted by Gasteiger charge is 2.28. The smallest absolute Gasteiger partial charge is 0.410 e. The Hall–Kier alpha value is -4.41. The van der Waals surface area contributed by atoms with E-state index in [1.807, 2.05) is 51.1 Å². The van der Waals surface area contributed by atoms with E-state index in [-0.39, 0.29) is 29.6 Å². The van der Waals surface area contributed by atoms with Gasteiger partial charge >= 0.3 is 17.7 Å². The number of anilines is 3. The number of pyridine rings is 1. The monoisotopic (exact) mass is 521 g/mol. The first kappa shape index (κ1) is 26.6. The van der Waals surface area contributed by atoms with Gasteiger partial charge in [0.1, 0.15) is 22.7 Å². The first-order valence-electron chi connectivity index (χ1n) is 12.4. The largest absolute Gasteiger partial charge is 0.462 e. The number of aromatic nitrogens is 1. The van der Waals surface area contributed by atoms with Crippen LogP contribution in [0.4, 0.5) is 27.7 Å². The van der Waals surface area contributed by atoms with Crippen molar-refractivity contribution in [1.82, 2.24) is 9.88 Å². The second-order valence-corrected chi connectivity index (χ2v) is 9.80. The number of rotatable bonds is 6. The van der Waals surface area contributed by atoms with Crippen LogP contribution < -0.4 is 10.2 Å². The van der Waals surface area contributed by atoms with Crippen molar-refractivity contribution in [2.24, 2.45) is 0 Å². The number of carbonyl (C=O) groups is 2. The zero-order valence-corrected chi connectivity index (χ0v) is 21.9. The maximum absolute atomic E-state index is 12.5. The Labute approximate surface area is 220 Å². The maximum atomic E-state index is 12.5. The molecule has 1 aliphatic rings. The molecule has 1 amide bonds. The zero-order valence-electron chi connectivity index (χ0n) is 21.9. The number of hydrogen-bond acceptors (Lipinski definition) is 9. The standard InChI is InChI=1S/C27H31N5O6/c1-5-37-25(33)19-10-8-12-21(24(19)32(35)36)28-22-17-23(29-20-11-7-6-9-18(20)22)30-13-15-31(16-14-30)26(34)38-27(2,3)4/h6-12,17H,5,13-16H2,1-4H3,(H,28,29). The van der Waals surface area contributed by atoms with Crippen LogP contribution in [0.25, 0.3) is 10.9 Å². The van der Waals surface area contributed by atoms with Crippen molar-refractivity contribution < 1.29 is 24.0 Å². The first-order chi connectivity index (χ1) is 18.1. The number of hydrogen-bond donors (Lipinski definition) is 1. The molecule has 0 unspecified atom stereocenters. The van der Waals surface area contributed by atoms with Crippen LogP contribution in [0.5, 0.6) is 0 Å². The highest BCUT2D eigenvalue weighted by atomic mass is 16.6. The molecule has 2 aromatic carbocycles. The molecule has 11 heteroatoms. The molecule has 1 saturated heterocycles. The summed E-state index contributed by atoms with van der Waals surface area (Å²) >= 11 is 0. The van der Waals surface area contributed by atoms with Crippen LogP contribution in [0.3, 0.4) is 0 Å². The molecule has 2 heterocycles. The van der Waals surface area contributed by atoms with Gasteiger partial charge in [-0.25, -0.2) is 14.6 Å². The van der Waals surface area contributed by atoms with Crippen LogP contribution in [0.1, 0.15) is 38.1 Å². The van der Waals surface area contributed by atoms with Crippen molar-refractivity contribution in [3.8, 4) is 0 Å². The third-order valence-electron chi connectivity index (χ3n) is 5.94. The van der Waals surface area contributed by atoms with Gasteiger partial charge in [0.05, 0.1) is 22.7 Å². The Kier molecular flexibility index (Phi) is 7.65. The Bertz CT molecular complexity index is 1360. The summed E-state index contributed by atoms with van der Waals surface area (Å²) in [4.78, 5) is 44.8. The van der Waals surface area contributed by atoms with Crippen molar-refractivity contribution in [1.29, 1.82) is 0 Å². The van der Waals surface area contributed by atoms with E-state index in [4.69, 9.17) is 14.5 Å². The fourth-order valence-corrected chi connectivity index (χ4v) is 4.23. The first-order valence-corrected chi connectivity index (χ1v) is 12.4. The lowest BCUT2D eigenvalue weighted by molar-refractivity contribution is -0.384. The SMILES string of the molecule is CCOC(=O)c1cccc(Nc2cc(N3CCN(C(=O)OC(C)(C)C)CC3)nc3ccccc23)c1[N+](=O)[O-]. The summed E-state index contributed by atoms with van der Waals surface area (Å²) in [6.45, 7) is 9.28. The summed E-state index contributed by atoms with van der Waals surface area (Å²) in [5.41, 5.74) is 0.410. The van der Waals surface area contributed by atoms with Gasteiger partial charge in [0.2, 0.25) is 0 Å². The Morgan fingerprint density at radius 1 is 1.05 bits per heavy atom. The van der Waals surface area contributed by atoms with Crippen LogP contribution in [0.2, 0.25) is 0 Å². The van der Waals surface area contributed by atoms with Gasteiger partial charge in [0.15, 0.2) is 0 Å². The van der Waals surface area contributed by atoms with Crippen molar-refractivity contribution in [2.75, 3.05) is 43.0 Å². The minimum Gasteiger partial charge on any atom is -0.462 e. The van der Waals surface area contributed by atoms with E-state index in [9.17, 15) is 19.7 Å². The second-order valence-electron chi connectivity index (χ2n) is 9.80. The average molecular weight is 522 g/mol. The third-order valence-corrected chi connectivity index (χ3v) is 5.94. The highest BCUT2D eigenvalue weighted by Crippen LogP contribution is 2.35. The zero-order chi connectivity index (χ0) is 27.4. The van der Waals surface area contributed by atoms with Gasteiger partial charge in [0, 0.05) is 37.6 Å². The number of para-hydroxylation sites is 2. The molecule has 1 fully saturated rings. The van der Waals surface area contributed by atoms with Crippen molar-refractivity contribution in [2.45, 2.75) is 33.3 Å². The number of carbonyl (C=O) groups excluding carboxylic acids is 2. The molecule has 0 radical (unpaired) electrons. The highest BCUT2D eigenvalue weighted by molar-refractivity contribution is 6.00. The predicted octanol–water partition coefficient (Wildman–Crippen LogP) is 5.12. The molecule has 0 saturated carbocycles. The van der Waals surface area contributed by atoms with Crippen LogP contribution in [-0.4, -0.2) is 65.3 Å². The average Bonchev–Trinajstić information content (AvgIpc) is 2.87. The molecule has 1 aliphatic heterocycles. The Morgan fingerprint density at radius 2 is 1.76 bits per heavy atom. The number of nitro groups is 1. The number of benzene rings is 2. The summed E-state index contributed by atoms with van der Waals surface area (Å²) in [5.74, 6) is -0.0924. The molecule has 38 heavy (non-hydrogen) atoms. The van der Waals surface area contributed by atoms with Crippen molar-refractivity contribution in [3.05, 3.63) is 64.2 Å². The molecule has 4 rings (SSSR count). The maximum Gasteiger partial charge on any atom is 0.410 e.